The highest BCUT2D eigenvalue weighted by molar-refractivity contribution is 5.76. The molecule has 88 valence electrons. The third kappa shape index (κ3) is 3.51. The van der Waals surface area contributed by atoms with E-state index in [1.54, 1.807) is 0 Å². The van der Waals surface area contributed by atoms with Gasteiger partial charge in [-0.1, -0.05) is 20.8 Å². The minimum atomic E-state index is 0.321. The highest BCUT2D eigenvalue weighted by atomic mass is 16.2. The minimum Gasteiger partial charge on any atom is -0.343 e. The average molecular weight is 211 g/mol. The van der Waals surface area contributed by atoms with E-state index in [0.717, 1.165) is 6.42 Å². The van der Waals surface area contributed by atoms with Crippen molar-refractivity contribution in [1.82, 2.24) is 4.90 Å². The molecule has 0 aromatic rings. The Morgan fingerprint density at radius 1 is 1.33 bits per heavy atom. The zero-order valence-corrected chi connectivity index (χ0v) is 10.7. The van der Waals surface area contributed by atoms with Crippen LogP contribution in [0.4, 0.5) is 0 Å². The van der Waals surface area contributed by atoms with Gasteiger partial charge in [-0.3, -0.25) is 4.79 Å². The molecule has 0 aliphatic heterocycles. The number of carbonyl (C=O) groups is 1. The van der Waals surface area contributed by atoms with Crippen LogP contribution in [0.3, 0.4) is 0 Å². The summed E-state index contributed by atoms with van der Waals surface area (Å²) < 4.78 is 0. The van der Waals surface area contributed by atoms with Crippen LogP contribution in [0.25, 0.3) is 0 Å². The summed E-state index contributed by atoms with van der Waals surface area (Å²) in [7, 11) is 1.97. The van der Waals surface area contributed by atoms with Gasteiger partial charge in [0.1, 0.15) is 0 Å². The second-order valence-corrected chi connectivity index (χ2v) is 5.65. The molecule has 0 unspecified atom stereocenters. The summed E-state index contributed by atoms with van der Waals surface area (Å²) in [6.45, 7) is 6.73. The van der Waals surface area contributed by atoms with E-state index in [0.29, 0.717) is 23.8 Å². The molecule has 1 fully saturated rings. The quantitative estimate of drug-likeness (QED) is 0.702. The number of hydrogen-bond donors (Lipinski definition) is 0. The lowest BCUT2D eigenvalue weighted by Crippen LogP contribution is -2.40. The summed E-state index contributed by atoms with van der Waals surface area (Å²) in [6.07, 6.45) is 6.53. The molecule has 1 saturated carbocycles. The molecule has 0 spiro atoms. The molecule has 0 aromatic heterocycles. The number of amides is 1. The van der Waals surface area contributed by atoms with Gasteiger partial charge in [0.05, 0.1) is 0 Å². The summed E-state index contributed by atoms with van der Waals surface area (Å²) in [5, 5.41) is 0. The molecule has 15 heavy (non-hydrogen) atoms. The first-order valence-corrected chi connectivity index (χ1v) is 6.22. The fourth-order valence-corrected chi connectivity index (χ4v) is 2.37. The highest BCUT2D eigenvalue weighted by Crippen LogP contribution is 2.36. The fourth-order valence-electron chi connectivity index (χ4n) is 2.37. The van der Waals surface area contributed by atoms with Gasteiger partial charge in [0.25, 0.3) is 0 Å². The standard InChI is InChI=1S/C13H25NO/c1-5-6-12(15)14(4)11-7-9-13(2,3)10-8-11/h11H,5-10H2,1-4H3. The van der Waals surface area contributed by atoms with Crippen LogP contribution in [0.1, 0.15) is 59.3 Å². The Bertz CT molecular complexity index is 213. The monoisotopic (exact) mass is 211 g/mol. The summed E-state index contributed by atoms with van der Waals surface area (Å²) in [6, 6.07) is 0.497. The van der Waals surface area contributed by atoms with E-state index in [9.17, 15) is 4.79 Å². The maximum absolute atomic E-state index is 11.7. The van der Waals surface area contributed by atoms with E-state index < -0.39 is 0 Å². The minimum absolute atomic E-state index is 0.321. The van der Waals surface area contributed by atoms with E-state index in [-0.39, 0.29) is 0 Å². The van der Waals surface area contributed by atoms with Crippen molar-refractivity contribution in [3.05, 3.63) is 0 Å². The van der Waals surface area contributed by atoms with E-state index in [2.05, 4.69) is 20.8 Å². The molecule has 1 aliphatic carbocycles. The van der Waals surface area contributed by atoms with Crippen LogP contribution in [-0.2, 0) is 4.79 Å². The molecule has 0 N–H and O–H groups in total. The van der Waals surface area contributed by atoms with Gasteiger partial charge < -0.3 is 4.90 Å². The smallest absolute Gasteiger partial charge is 0.222 e. The van der Waals surface area contributed by atoms with Crippen molar-refractivity contribution < 1.29 is 4.79 Å². The Kier molecular flexibility index (Phi) is 4.18. The van der Waals surface area contributed by atoms with Gasteiger partial charge in [0, 0.05) is 19.5 Å². The Labute approximate surface area is 94.0 Å². The average Bonchev–Trinajstić information content (AvgIpc) is 2.17. The summed E-state index contributed by atoms with van der Waals surface area (Å²) in [4.78, 5) is 13.7. The molecular formula is C13H25NO. The normalized spacial score (nSPS) is 21.3. The third-order valence-electron chi connectivity index (χ3n) is 3.71. The lowest BCUT2D eigenvalue weighted by atomic mass is 9.75. The van der Waals surface area contributed by atoms with Crippen molar-refractivity contribution in [2.45, 2.75) is 65.3 Å². The number of hydrogen-bond acceptors (Lipinski definition) is 1. The maximum atomic E-state index is 11.7. The van der Waals surface area contributed by atoms with Crippen molar-refractivity contribution >= 4 is 5.91 Å². The summed E-state index contributed by atoms with van der Waals surface area (Å²) in [5.41, 5.74) is 0.491. The SMILES string of the molecule is CCCC(=O)N(C)C1CCC(C)(C)CC1. The van der Waals surface area contributed by atoms with Crippen LogP contribution in [0.2, 0.25) is 0 Å². The van der Waals surface area contributed by atoms with Crippen molar-refractivity contribution in [1.29, 1.82) is 0 Å². The summed E-state index contributed by atoms with van der Waals surface area (Å²) >= 11 is 0. The lowest BCUT2D eigenvalue weighted by Gasteiger charge is -2.38. The number of carbonyl (C=O) groups excluding carboxylic acids is 1. The number of nitrogens with zero attached hydrogens (tertiary/aromatic N) is 1. The molecule has 1 aliphatic rings. The molecule has 0 heterocycles. The van der Waals surface area contributed by atoms with Crippen LogP contribution >= 0.6 is 0 Å². The molecule has 1 rings (SSSR count). The molecule has 1 amide bonds. The Hall–Kier alpha value is -0.530. The van der Waals surface area contributed by atoms with Gasteiger partial charge in [-0.25, -0.2) is 0 Å². The first kappa shape index (κ1) is 12.5. The van der Waals surface area contributed by atoms with E-state index in [1.807, 2.05) is 11.9 Å². The molecule has 2 heteroatoms. The van der Waals surface area contributed by atoms with Gasteiger partial charge in [-0.05, 0) is 37.5 Å². The lowest BCUT2D eigenvalue weighted by molar-refractivity contribution is -0.133. The molecule has 0 saturated heterocycles. The van der Waals surface area contributed by atoms with Gasteiger partial charge in [0.2, 0.25) is 5.91 Å². The predicted molar refractivity (Wildman–Crippen MR) is 63.7 cm³/mol. The predicted octanol–water partition coefficient (Wildman–Crippen LogP) is 3.21. The summed E-state index contributed by atoms with van der Waals surface area (Å²) in [5.74, 6) is 0.321. The van der Waals surface area contributed by atoms with Crippen LogP contribution in [0.15, 0.2) is 0 Å². The second kappa shape index (κ2) is 5.00. The zero-order valence-electron chi connectivity index (χ0n) is 10.7. The Balaban J connectivity index is 2.42. The molecule has 0 atom stereocenters. The van der Waals surface area contributed by atoms with Crippen LogP contribution in [0, 0.1) is 5.41 Å². The van der Waals surface area contributed by atoms with Gasteiger partial charge in [-0.2, -0.15) is 0 Å². The van der Waals surface area contributed by atoms with Gasteiger partial charge in [-0.15, -0.1) is 0 Å². The molecule has 0 bridgehead atoms. The van der Waals surface area contributed by atoms with Crippen molar-refractivity contribution in [2.75, 3.05) is 7.05 Å². The Morgan fingerprint density at radius 2 is 1.87 bits per heavy atom. The zero-order chi connectivity index (χ0) is 11.5. The van der Waals surface area contributed by atoms with Crippen LogP contribution in [0.5, 0.6) is 0 Å². The van der Waals surface area contributed by atoms with Gasteiger partial charge in [0.15, 0.2) is 0 Å². The van der Waals surface area contributed by atoms with E-state index >= 15 is 0 Å². The first-order chi connectivity index (χ1) is 6.96. The van der Waals surface area contributed by atoms with Crippen molar-refractivity contribution in [3.63, 3.8) is 0 Å². The highest BCUT2D eigenvalue weighted by Gasteiger charge is 2.30. The molecule has 0 aromatic carbocycles. The third-order valence-corrected chi connectivity index (χ3v) is 3.71. The molecule has 0 radical (unpaired) electrons. The van der Waals surface area contributed by atoms with Crippen LogP contribution in [-0.4, -0.2) is 23.9 Å². The van der Waals surface area contributed by atoms with Crippen LogP contribution < -0.4 is 0 Å². The second-order valence-electron chi connectivity index (χ2n) is 5.65. The fraction of sp³-hybridized carbons (Fsp3) is 0.923. The van der Waals surface area contributed by atoms with Crippen molar-refractivity contribution in [3.8, 4) is 0 Å². The largest absolute Gasteiger partial charge is 0.343 e. The van der Waals surface area contributed by atoms with Crippen molar-refractivity contribution in [2.24, 2.45) is 5.41 Å². The Morgan fingerprint density at radius 3 is 2.33 bits per heavy atom. The van der Waals surface area contributed by atoms with Gasteiger partial charge >= 0.3 is 0 Å². The maximum Gasteiger partial charge on any atom is 0.222 e. The number of rotatable bonds is 3. The molecular weight excluding hydrogens is 186 g/mol. The van der Waals surface area contributed by atoms with E-state index in [1.165, 1.54) is 25.7 Å². The molecule has 2 nitrogen and oxygen atoms in total. The topological polar surface area (TPSA) is 20.3 Å². The van der Waals surface area contributed by atoms with E-state index in [4.69, 9.17) is 0 Å². The first-order valence-electron chi connectivity index (χ1n) is 6.22.